The van der Waals surface area contributed by atoms with E-state index >= 15 is 0 Å². The molecule has 0 aromatic heterocycles. The van der Waals surface area contributed by atoms with Crippen molar-refractivity contribution in [2.24, 2.45) is 0 Å². The number of rotatable bonds is 3. The Morgan fingerprint density at radius 1 is 0.875 bits per heavy atom. The maximum atomic E-state index is 11.4. The molecule has 2 rings (SSSR count). The average molecular weight is 363 g/mol. The number of thiocarbonyl (C=S) groups is 2. The summed E-state index contributed by atoms with van der Waals surface area (Å²) in [6, 6.07) is 18.5. The molecule has 24 heavy (non-hydrogen) atoms. The second-order valence-electron chi connectivity index (χ2n) is 4.55. The highest BCUT2D eigenvalue weighted by Crippen LogP contribution is 2.04. The molecule has 2 aromatic rings. The summed E-state index contributed by atoms with van der Waals surface area (Å²) in [6.07, 6.45) is 0.151. The number of benzene rings is 2. The molecule has 0 saturated heterocycles. The minimum Gasteiger partial charge on any atom is -0.480 e. The molecule has 2 aromatic carbocycles. The first-order valence-corrected chi connectivity index (χ1v) is 7.76. The van der Waals surface area contributed by atoms with E-state index in [2.05, 4.69) is 23.7 Å². The first-order chi connectivity index (χ1) is 11.5. The normalized spacial score (nSPS) is 8.75. The molecule has 0 spiro atoms. The fourth-order valence-corrected chi connectivity index (χ4v) is 1.94. The third-order valence-corrected chi connectivity index (χ3v) is 3.06. The maximum Gasteiger partial charge on any atom is 0.242 e. The average Bonchev–Trinajstić information content (AvgIpc) is 2.64. The summed E-state index contributed by atoms with van der Waals surface area (Å²) in [7, 11) is 0. The molecule has 0 heterocycles. The van der Waals surface area contributed by atoms with Gasteiger partial charge in [0, 0.05) is 22.2 Å². The summed E-state index contributed by atoms with van der Waals surface area (Å²) in [5.74, 6) is 0. The Hall–Kier alpha value is -2.36. The maximum absolute atomic E-state index is 11.4. The number of hydrogen-bond donors (Lipinski definition) is 0. The fraction of sp³-hybridized carbons (Fsp3) is 0.167. The molecular weight excluding hydrogens is 345 g/mol. The summed E-state index contributed by atoms with van der Waals surface area (Å²) in [5, 5.41) is 6.95. The Bertz CT molecular complexity index is 631. The fourth-order valence-electron chi connectivity index (χ4n) is 1.48. The van der Waals surface area contributed by atoms with Gasteiger partial charge < -0.3 is 4.74 Å². The SMILES string of the molecule is C#N.CC(C)OC(=S)c1ccccc1.FOC(=S)c1ccccc1. The molecule has 0 aliphatic carbocycles. The van der Waals surface area contributed by atoms with Gasteiger partial charge in [0.2, 0.25) is 5.05 Å². The van der Waals surface area contributed by atoms with Crippen LogP contribution >= 0.6 is 24.4 Å². The number of hydrogen-bond acceptors (Lipinski definition) is 5. The Labute approximate surface area is 152 Å². The summed E-state index contributed by atoms with van der Waals surface area (Å²) in [5.41, 5.74) is 1.56. The topological polar surface area (TPSA) is 42.2 Å². The van der Waals surface area contributed by atoms with Crippen LogP contribution in [-0.4, -0.2) is 16.2 Å². The van der Waals surface area contributed by atoms with Crippen LogP contribution < -0.4 is 0 Å². The molecule has 0 aliphatic rings. The molecule has 126 valence electrons. The molecule has 0 saturated carbocycles. The highest BCUT2D eigenvalue weighted by atomic mass is 32.1. The summed E-state index contributed by atoms with van der Waals surface area (Å²) in [6.45, 7) is 7.44. The van der Waals surface area contributed by atoms with Gasteiger partial charge in [0.15, 0.2) is 5.05 Å². The van der Waals surface area contributed by atoms with Crippen molar-refractivity contribution in [3.05, 3.63) is 71.8 Å². The number of nitrogens with zero attached hydrogens (tertiary/aromatic N) is 1. The smallest absolute Gasteiger partial charge is 0.242 e. The predicted molar refractivity (Wildman–Crippen MR) is 101 cm³/mol. The summed E-state index contributed by atoms with van der Waals surface area (Å²) in [4.78, 5) is 3.37. The molecule has 0 radical (unpaired) electrons. The van der Waals surface area contributed by atoms with E-state index in [4.69, 9.17) is 22.2 Å². The molecule has 6 heteroatoms. The largest absolute Gasteiger partial charge is 0.480 e. The predicted octanol–water partition coefficient (Wildman–Crippen LogP) is 5.19. The van der Waals surface area contributed by atoms with Crippen molar-refractivity contribution in [2.45, 2.75) is 20.0 Å². The van der Waals surface area contributed by atoms with E-state index in [1.165, 1.54) is 0 Å². The Morgan fingerprint density at radius 2 is 1.25 bits per heavy atom. The molecular formula is C18H18FNO2S2. The number of halogens is 1. The zero-order valence-corrected chi connectivity index (χ0v) is 15.0. The lowest BCUT2D eigenvalue weighted by molar-refractivity contribution is -0.0182. The zero-order valence-electron chi connectivity index (χ0n) is 13.4. The van der Waals surface area contributed by atoms with Crippen LogP contribution in [-0.2, 0) is 9.68 Å². The number of ether oxygens (including phenoxy) is 1. The summed E-state index contributed by atoms with van der Waals surface area (Å²) >= 11 is 9.60. The van der Waals surface area contributed by atoms with Gasteiger partial charge in [-0.1, -0.05) is 60.7 Å². The minimum atomic E-state index is -0.124. The van der Waals surface area contributed by atoms with Crippen molar-refractivity contribution in [3.63, 3.8) is 0 Å². The standard InChI is InChI=1S/C10H12OS.C7H5FOS.CHN/c1-8(2)11-10(12)9-6-4-3-5-7-9;8-9-7(10)6-4-2-1-3-5-6;1-2/h3-8H,1-2H3;1-5H;1H. The summed E-state index contributed by atoms with van der Waals surface area (Å²) < 4.78 is 16.8. The van der Waals surface area contributed by atoms with Crippen LogP contribution in [0.15, 0.2) is 60.7 Å². The van der Waals surface area contributed by atoms with E-state index in [0.717, 1.165) is 5.56 Å². The Kier molecular flexibility index (Phi) is 11.8. The molecule has 0 amide bonds. The lowest BCUT2D eigenvalue weighted by Gasteiger charge is -2.09. The Balaban J connectivity index is 0.000000405. The minimum absolute atomic E-state index is 0.124. The lowest BCUT2D eigenvalue weighted by atomic mass is 10.2. The van der Waals surface area contributed by atoms with E-state index in [1.807, 2.05) is 50.2 Å². The molecule has 0 fully saturated rings. The van der Waals surface area contributed by atoms with Gasteiger partial charge in [-0.3, -0.25) is 4.94 Å². The van der Waals surface area contributed by atoms with Crippen LogP contribution in [0.4, 0.5) is 4.53 Å². The van der Waals surface area contributed by atoms with E-state index in [0.29, 0.717) is 10.6 Å². The third kappa shape index (κ3) is 8.93. The molecule has 0 atom stereocenters. The van der Waals surface area contributed by atoms with Gasteiger partial charge in [-0.2, -0.15) is 0 Å². The van der Waals surface area contributed by atoms with Crippen LogP contribution in [0.2, 0.25) is 0 Å². The van der Waals surface area contributed by atoms with Gasteiger partial charge in [0.25, 0.3) is 0 Å². The van der Waals surface area contributed by atoms with Crippen LogP contribution in [0.25, 0.3) is 0 Å². The van der Waals surface area contributed by atoms with Crippen LogP contribution in [0.3, 0.4) is 0 Å². The van der Waals surface area contributed by atoms with Crippen molar-refractivity contribution >= 4 is 34.5 Å². The molecule has 0 N–H and O–H groups in total. The van der Waals surface area contributed by atoms with E-state index < -0.39 is 0 Å². The van der Waals surface area contributed by atoms with Gasteiger partial charge in [0.1, 0.15) is 0 Å². The monoisotopic (exact) mass is 363 g/mol. The van der Waals surface area contributed by atoms with Gasteiger partial charge in [-0.25, -0.2) is 5.26 Å². The lowest BCUT2D eigenvalue weighted by Crippen LogP contribution is -2.10. The molecule has 0 unspecified atom stereocenters. The quantitative estimate of drug-likeness (QED) is 0.702. The molecule has 0 bridgehead atoms. The highest BCUT2D eigenvalue weighted by Gasteiger charge is 2.02. The number of nitriles is 1. The van der Waals surface area contributed by atoms with Gasteiger partial charge in [-0.05, 0) is 38.3 Å². The van der Waals surface area contributed by atoms with Crippen molar-refractivity contribution in [1.29, 1.82) is 5.26 Å². The van der Waals surface area contributed by atoms with Crippen LogP contribution in [0, 0.1) is 11.8 Å². The first-order valence-electron chi connectivity index (χ1n) is 6.94. The first kappa shape index (κ1) is 21.6. The van der Waals surface area contributed by atoms with Crippen LogP contribution in [0.1, 0.15) is 25.0 Å². The molecule has 0 aliphatic heterocycles. The van der Waals surface area contributed by atoms with E-state index in [-0.39, 0.29) is 11.2 Å². The van der Waals surface area contributed by atoms with E-state index in [1.54, 1.807) is 24.3 Å². The van der Waals surface area contributed by atoms with Crippen molar-refractivity contribution < 1.29 is 14.2 Å². The van der Waals surface area contributed by atoms with Gasteiger partial charge >= 0.3 is 0 Å². The van der Waals surface area contributed by atoms with Gasteiger partial charge in [-0.15, -0.1) is 0 Å². The second-order valence-corrected chi connectivity index (χ2v) is 5.29. The highest BCUT2D eigenvalue weighted by molar-refractivity contribution is 7.80. The van der Waals surface area contributed by atoms with E-state index in [9.17, 15) is 4.53 Å². The van der Waals surface area contributed by atoms with Crippen molar-refractivity contribution in [3.8, 4) is 6.57 Å². The van der Waals surface area contributed by atoms with Crippen molar-refractivity contribution in [2.75, 3.05) is 0 Å². The van der Waals surface area contributed by atoms with Crippen molar-refractivity contribution in [1.82, 2.24) is 0 Å². The van der Waals surface area contributed by atoms with Gasteiger partial charge in [0.05, 0.1) is 6.10 Å². The molecule has 3 nitrogen and oxygen atoms in total. The second kappa shape index (κ2) is 13.1. The third-order valence-electron chi connectivity index (χ3n) is 2.43. The Morgan fingerprint density at radius 3 is 1.58 bits per heavy atom. The van der Waals surface area contributed by atoms with Crippen LogP contribution in [0.5, 0.6) is 0 Å². The zero-order chi connectivity index (χ0) is 18.4.